The molecule has 0 spiro atoms. The summed E-state index contributed by atoms with van der Waals surface area (Å²) in [7, 11) is 1.42. The maximum absolute atomic E-state index is 10.8. The summed E-state index contributed by atoms with van der Waals surface area (Å²) in [4.78, 5) is 14.1. The molecule has 0 radical (unpaired) electrons. The number of hydrogen-bond acceptors (Lipinski definition) is 6. The van der Waals surface area contributed by atoms with Gasteiger partial charge in [0, 0.05) is 12.3 Å². The second-order valence-corrected chi connectivity index (χ2v) is 3.68. The molecular formula is C13H9N3O4. The predicted molar refractivity (Wildman–Crippen MR) is 68.7 cm³/mol. The fourth-order valence-electron chi connectivity index (χ4n) is 1.53. The predicted octanol–water partition coefficient (Wildman–Crippen LogP) is 2.66. The van der Waals surface area contributed by atoms with E-state index >= 15 is 0 Å². The van der Waals surface area contributed by atoms with Gasteiger partial charge in [0.25, 0.3) is 5.69 Å². The van der Waals surface area contributed by atoms with Gasteiger partial charge in [0.15, 0.2) is 17.2 Å². The molecule has 2 aromatic rings. The van der Waals surface area contributed by atoms with E-state index in [9.17, 15) is 10.1 Å². The van der Waals surface area contributed by atoms with Gasteiger partial charge in [-0.15, -0.1) is 0 Å². The van der Waals surface area contributed by atoms with Crippen molar-refractivity contribution in [1.82, 2.24) is 4.98 Å². The summed E-state index contributed by atoms with van der Waals surface area (Å²) in [5, 5.41) is 19.7. The van der Waals surface area contributed by atoms with Crippen molar-refractivity contribution in [3.05, 3.63) is 52.3 Å². The van der Waals surface area contributed by atoms with E-state index in [2.05, 4.69) is 4.98 Å². The van der Waals surface area contributed by atoms with Crippen LogP contribution in [0.1, 0.15) is 5.56 Å². The average Bonchev–Trinajstić information content (AvgIpc) is 2.47. The van der Waals surface area contributed by atoms with Crippen LogP contribution >= 0.6 is 0 Å². The quantitative estimate of drug-likeness (QED) is 0.626. The Balaban J connectivity index is 2.44. The first-order chi connectivity index (χ1) is 9.65. The van der Waals surface area contributed by atoms with Gasteiger partial charge in [0.2, 0.25) is 0 Å². The lowest BCUT2D eigenvalue weighted by Gasteiger charge is -2.10. The van der Waals surface area contributed by atoms with Crippen molar-refractivity contribution in [2.45, 2.75) is 0 Å². The number of rotatable bonds is 4. The lowest BCUT2D eigenvalue weighted by atomic mass is 10.2. The Morgan fingerprint density at radius 1 is 1.30 bits per heavy atom. The molecule has 0 bridgehead atoms. The second-order valence-electron chi connectivity index (χ2n) is 3.68. The van der Waals surface area contributed by atoms with Crippen molar-refractivity contribution in [3.63, 3.8) is 0 Å². The van der Waals surface area contributed by atoms with Gasteiger partial charge in [0.1, 0.15) is 6.07 Å². The van der Waals surface area contributed by atoms with Gasteiger partial charge in [-0.2, -0.15) is 5.26 Å². The summed E-state index contributed by atoms with van der Waals surface area (Å²) in [5.41, 5.74) is 0.136. The average molecular weight is 271 g/mol. The van der Waals surface area contributed by atoms with Crippen LogP contribution in [0.4, 0.5) is 5.69 Å². The molecule has 0 aliphatic heterocycles. The topological polar surface area (TPSA) is 98.3 Å². The third-order valence-corrected chi connectivity index (χ3v) is 2.48. The number of nitriles is 1. The molecule has 1 aromatic carbocycles. The molecule has 7 nitrogen and oxygen atoms in total. The third-order valence-electron chi connectivity index (χ3n) is 2.48. The normalized spacial score (nSPS) is 9.60. The highest BCUT2D eigenvalue weighted by molar-refractivity contribution is 5.52. The Bertz CT molecular complexity index is 694. The molecule has 0 saturated carbocycles. The first-order valence-corrected chi connectivity index (χ1v) is 5.50. The first kappa shape index (κ1) is 13.3. The standard InChI is InChI=1S/C13H9N3O4/c1-19-11-3-2-10(16(17)18)6-12(11)20-13-8-15-5-4-9(13)7-14/h2-6,8H,1H3. The Labute approximate surface area is 114 Å². The Kier molecular flexibility index (Phi) is 3.77. The molecule has 2 rings (SSSR count). The van der Waals surface area contributed by atoms with Crippen molar-refractivity contribution in [2.24, 2.45) is 0 Å². The zero-order valence-electron chi connectivity index (χ0n) is 10.4. The van der Waals surface area contributed by atoms with Crippen LogP contribution in [0.5, 0.6) is 17.2 Å². The number of nitrogens with zero attached hydrogens (tertiary/aromatic N) is 3. The highest BCUT2D eigenvalue weighted by Gasteiger charge is 2.14. The van der Waals surface area contributed by atoms with Gasteiger partial charge in [-0.1, -0.05) is 0 Å². The van der Waals surface area contributed by atoms with Crippen LogP contribution in [0.25, 0.3) is 0 Å². The molecule has 0 amide bonds. The van der Waals surface area contributed by atoms with E-state index in [0.717, 1.165) is 0 Å². The lowest BCUT2D eigenvalue weighted by Crippen LogP contribution is -1.95. The van der Waals surface area contributed by atoms with Crippen LogP contribution in [0.3, 0.4) is 0 Å². The fourth-order valence-corrected chi connectivity index (χ4v) is 1.53. The van der Waals surface area contributed by atoms with Gasteiger partial charge in [-0.3, -0.25) is 15.1 Å². The van der Waals surface area contributed by atoms with E-state index in [0.29, 0.717) is 5.75 Å². The van der Waals surface area contributed by atoms with Crippen LogP contribution in [0, 0.1) is 21.4 Å². The number of aromatic nitrogens is 1. The Morgan fingerprint density at radius 2 is 2.10 bits per heavy atom. The summed E-state index contributed by atoms with van der Waals surface area (Å²) in [6, 6.07) is 7.40. The van der Waals surface area contributed by atoms with Crippen LogP contribution in [0.15, 0.2) is 36.7 Å². The summed E-state index contributed by atoms with van der Waals surface area (Å²) in [6.07, 6.45) is 2.81. The number of non-ortho nitro benzene ring substituents is 1. The maximum atomic E-state index is 10.8. The third kappa shape index (κ3) is 2.64. The molecule has 100 valence electrons. The molecule has 7 heteroatoms. The smallest absolute Gasteiger partial charge is 0.273 e. The molecule has 20 heavy (non-hydrogen) atoms. The molecule has 0 unspecified atom stereocenters. The van der Waals surface area contributed by atoms with E-state index in [-0.39, 0.29) is 22.7 Å². The number of nitro benzene ring substituents is 1. The van der Waals surface area contributed by atoms with E-state index in [4.69, 9.17) is 14.7 Å². The first-order valence-electron chi connectivity index (χ1n) is 5.50. The molecule has 0 N–H and O–H groups in total. The van der Waals surface area contributed by atoms with E-state index in [1.807, 2.05) is 6.07 Å². The van der Waals surface area contributed by atoms with Crippen molar-refractivity contribution in [1.29, 1.82) is 5.26 Å². The minimum atomic E-state index is -0.541. The molecular weight excluding hydrogens is 262 g/mol. The molecule has 1 aromatic heterocycles. The number of hydrogen-bond donors (Lipinski definition) is 0. The number of pyridine rings is 1. The number of nitro groups is 1. The van der Waals surface area contributed by atoms with E-state index in [1.165, 1.54) is 43.8 Å². The Morgan fingerprint density at radius 3 is 2.75 bits per heavy atom. The molecule has 0 aliphatic rings. The molecule has 0 fully saturated rings. The van der Waals surface area contributed by atoms with Crippen LogP contribution < -0.4 is 9.47 Å². The van der Waals surface area contributed by atoms with Crippen molar-refractivity contribution in [2.75, 3.05) is 7.11 Å². The summed E-state index contributed by atoms with van der Waals surface area (Å²) < 4.78 is 10.6. The number of ether oxygens (including phenoxy) is 2. The van der Waals surface area contributed by atoms with Gasteiger partial charge in [-0.25, -0.2) is 0 Å². The number of methoxy groups -OCH3 is 1. The van der Waals surface area contributed by atoms with Crippen molar-refractivity contribution >= 4 is 5.69 Å². The maximum Gasteiger partial charge on any atom is 0.273 e. The molecule has 0 saturated heterocycles. The highest BCUT2D eigenvalue weighted by Crippen LogP contribution is 2.35. The summed E-state index contributed by atoms with van der Waals surface area (Å²) >= 11 is 0. The molecule has 1 heterocycles. The summed E-state index contributed by atoms with van der Waals surface area (Å²) in [6.45, 7) is 0. The van der Waals surface area contributed by atoms with Crippen molar-refractivity contribution in [3.8, 4) is 23.3 Å². The van der Waals surface area contributed by atoms with Crippen LogP contribution in [-0.2, 0) is 0 Å². The van der Waals surface area contributed by atoms with Gasteiger partial charge >= 0.3 is 0 Å². The second kappa shape index (κ2) is 5.67. The van der Waals surface area contributed by atoms with Crippen molar-refractivity contribution < 1.29 is 14.4 Å². The van der Waals surface area contributed by atoms with Gasteiger partial charge < -0.3 is 9.47 Å². The van der Waals surface area contributed by atoms with Gasteiger partial charge in [0.05, 0.1) is 29.9 Å². The summed E-state index contributed by atoms with van der Waals surface area (Å²) in [5.74, 6) is 0.670. The zero-order valence-corrected chi connectivity index (χ0v) is 10.4. The zero-order chi connectivity index (χ0) is 14.5. The largest absolute Gasteiger partial charge is 0.493 e. The Hall–Kier alpha value is -3.14. The van der Waals surface area contributed by atoms with E-state index in [1.54, 1.807) is 0 Å². The van der Waals surface area contributed by atoms with Gasteiger partial charge in [-0.05, 0) is 12.1 Å². The monoisotopic (exact) mass is 271 g/mol. The molecule has 0 atom stereocenters. The SMILES string of the molecule is COc1ccc([N+](=O)[O-])cc1Oc1cnccc1C#N. The fraction of sp³-hybridized carbons (Fsp3) is 0.0769. The minimum Gasteiger partial charge on any atom is -0.493 e. The highest BCUT2D eigenvalue weighted by atomic mass is 16.6. The van der Waals surface area contributed by atoms with Crippen LogP contribution in [-0.4, -0.2) is 17.0 Å². The number of benzene rings is 1. The van der Waals surface area contributed by atoms with Crippen LogP contribution in [0.2, 0.25) is 0 Å². The molecule has 0 aliphatic carbocycles. The minimum absolute atomic E-state index is 0.136. The van der Waals surface area contributed by atoms with E-state index < -0.39 is 4.92 Å². The lowest BCUT2D eigenvalue weighted by molar-refractivity contribution is -0.384.